The van der Waals surface area contributed by atoms with Crippen LogP contribution in [0.3, 0.4) is 0 Å². The zero-order valence-electron chi connectivity index (χ0n) is 16.6. The molecule has 3 fully saturated rings. The average Bonchev–Trinajstić information content (AvgIpc) is 3.12. The lowest BCUT2D eigenvalue weighted by Gasteiger charge is -2.43. The molecule has 2 saturated heterocycles. The number of nitrogens with zero attached hydrogens (tertiary/aromatic N) is 4. The minimum Gasteiger partial charge on any atom is -0.469 e. The molecule has 1 saturated carbocycles. The number of hydrogen-bond donors (Lipinski definition) is 0. The van der Waals surface area contributed by atoms with E-state index in [0.29, 0.717) is 61.5 Å². The second-order valence-corrected chi connectivity index (χ2v) is 8.82. The number of carbonyl (C=O) groups excluding carboxylic acids is 1. The number of rotatable bonds is 4. The highest BCUT2D eigenvalue weighted by molar-refractivity contribution is 5.70. The molecular formula is C20H25F3N4O2. The van der Waals surface area contributed by atoms with Crippen LogP contribution in [-0.2, 0) is 21.9 Å². The molecule has 3 heterocycles. The number of carbonyl (C=O) groups is 1. The van der Waals surface area contributed by atoms with Crippen molar-refractivity contribution in [1.82, 2.24) is 9.97 Å². The molecule has 6 nitrogen and oxygen atoms in total. The molecule has 158 valence electrons. The third-order valence-corrected chi connectivity index (χ3v) is 7.18. The van der Waals surface area contributed by atoms with Crippen LogP contribution in [0.15, 0.2) is 0 Å². The molecular weight excluding hydrogens is 385 g/mol. The Labute approximate surface area is 167 Å². The summed E-state index contributed by atoms with van der Waals surface area (Å²) in [5.41, 5.74) is 0.339. The van der Waals surface area contributed by atoms with Crippen molar-refractivity contribution in [3.8, 4) is 0 Å². The average molecular weight is 410 g/mol. The molecule has 1 aromatic rings. The van der Waals surface area contributed by atoms with Crippen LogP contribution in [-0.4, -0.2) is 54.9 Å². The van der Waals surface area contributed by atoms with Gasteiger partial charge in [0.15, 0.2) is 0 Å². The number of alkyl halides is 3. The maximum atomic E-state index is 14.7. The van der Waals surface area contributed by atoms with Crippen molar-refractivity contribution in [1.29, 1.82) is 0 Å². The monoisotopic (exact) mass is 410 g/mol. The Morgan fingerprint density at radius 3 is 2.59 bits per heavy atom. The number of piperidine rings is 1. The van der Waals surface area contributed by atoms with E-state index in [-0.39, 0.29) is 30.6 Å². The Morgan fingerprint density at radius 1 is 1.24 bits per heavy atom. The number of fused-ring (bicyclic) bond motifs is 2. The largest absolute Gasteiger partial charge is 0.469 e. The fourth-order valence-corrected chi connectivity index (χ4v) is 5.22. The lowest BCUT2D eigenvalue weighted by atomic mass is 9.92. The predicted octanol–water partition coefficient (Wildman–Crippen LogP) is 2.70. The van der Waals surface area contributed by atoms with Crippen LogP contribution in [0.1, 0.15) is 37.4 Å². The van der Waals surface area contributed by atoms with E-state index >= 15 is 0 Å². The molecule has 0 amide bonds. The van der Waals surface area contributed by atoms with Gasteiger partial charge in [-0.25, -0.2) is 9.37 Å². The molecule has 0 aromatic carbocycles. The predicted molar refractivity (Wildman–Crippen MR) is 99.9 cm³/mol. The standard InChI is InChI=1S/C20H25F3N4O2/c1-10-15(21)9-27(10)19-24-17-11(4-3-5-20(17,22)23)18(25-19)26-7-13-12(14(13)8-26)6-16(28)29-2/h10,12-15H,3-9H2,1-2H3. The molecule has 2 aliphatic heterocycles. The van der Waals surface area contributed by atoms with E-state index in [1.807, 2.05) is 0 Å². The zero-order valence-corrected chi connectivity index (χ0v) is 16.6. The number of ether oxygens (including phenoxy) is 1. The van der Waals surface area contributed by atoms with Crippen molar-refractivity contribution < 1.29 is 22.7 Å². The molecule has 5 rings (SSSR count). The van der Waals surface area contributed by atoms with Gasteiger partial charge >= 0.3 is 5.97 Å². The van der Waals surface area contributed by atoms with Gasteiger partial charge in [0, 0.05) is 31.5 Å². The van der Waals surface area contributed by atoms with Crippen molar-refractivity contribution in [2.24, 2.45) is 17.8 Å². The van der Waals surface area contributed by atoms with E-state index in [1.165, 1.54) is 7.11 Å². The first-order valence-corrected chi connectivity index (χ1v) is 10.3. The number of esters is 1. The summed E-state index contributed by atoms with van der Waals surface area (Å²) in [6.07, 6.45) is 0.127. The molecule has 2 aliphatic carbocycles. The molecule has 9 heteroatoms. The van der Waals surface area contributed by atoms with Gasteiger partial charge in [-0.2, -0.15) is 13.8 Å². The van der Waals surface area contributed by atoms with Crippen LogP contribution in [0.2, 0.25) is 0 Å². The SMILES string of the molecule is COC(=O)CC1C2CN(c3nc(N4CC(F)C4C)nc4c3CCCC4(F)F)CC12. The van der Waals surface area contributed by atoms with E-state index in [9.17, 15) is 18.0 Å². The first-order chi connectivity index (χ1) is 13.8. The number of aromatic nitrogens is 2. The van der Waals surface area contributed by atoms with E-state index in [4.69, 9.17) is 4.74 Å². The van der Waals surface area contributed by atoms with Gasteiger partial charge in [-0.05, 0) is 37.5 Å². The summed E-state index contributed by atoms with van der Waals surface area (Å²) >= 11 is 0. The lowest BCUT2D eigenvalue weighted by Crippen LogP contribution is -2.57. The molecule has 1 aromatic heterocycles. The van der Waals surface area contributed by atoms with Crippen LogP contribution < -0.4 is 9.80 Å². The number of methoxy groups -OCH3 is 1. The normalized spacial score (nSPS) is 34.3. The van der Waals surface area contributed by atoms with Gasteiger partial charge in [0.25, 0.3) is 5.92 Å². The molecule has 4 aliphatic rings. The molecule has 4 unspecified atom stereocenters. The smallest absolute Gasteiger partial charge is 0.305 e. The highest BCUT2D eigenvalue weighted by Crippen LogP contribution is 2.55. The van der Waals surface area contributed by atoms with Crippen LogP contribution >= 0.6 is 0 Å². The number of hydrogen-bond acceptors (Lipinski definition) is 6. The van der Waals surface area contributed by atoms with E-state index in [2.05, 4.69) is 14.9 Å². The molecule has 4 atom stereocenters. The summed E-state index contributed by atoms with van der Waals surface area (Å²) in [7, 11) is 1.39. The van der Waals surface area contributed by atoms with Crippen LogP contribution in [0.25, 0.3) is 0 Å². The minimum atomic E-state index is -2.99. The summed E-state index contributed by atoms with van der Waals surface area (Å²) < 4.78 is 47.8. The fourth-order valence-electron chi connectivity index (χ4n) is 5.22. The van der Waals surface area contributed by atoms with Crippen molar-refractivity contribution in [3.05, 3.63) is 11.3 Å². The van der Waals surface area contributed by atoms with Gasteiger partial charge < -0.3 is 14.5 Å². The first-order valence-electron chi connectivity index (χ1n) is 10.3. The Hall–Kier alpha value is -2.06. The van der Waals surface area contributed by atoms with Crippen molar-refractivity contribution in [3.63, 3.8) is 0 Å². The maximum Gasteiger partial charge on any atom is 0.305 e. The summed E-state index contributed by atoms with van der Waals surface area (Å²) in [5, 5.41) is 0. The topological polar surface area (TPSA) is 58.6 Å². The van der Waals surface area contributed by atoms with Crippen LogP contribution in [0, 0.1) is 17.8 Å². The quantitative estimate of drug-likeness (QED) is 0.712. The molecule has 29 heavy (non-hydrogen) atoms. The van der Waals surface area contributed by atoms with Crippen molar-refractivity contribution in [2.75, 3.05) is 36.5 Å². The second kappa shape index (κ2) is 6.47. The number of anilines is 2. The molecule has 0 N–H and O–H groups in total. The highest BCUT2D eigenvalue weighted by atomic mass is 19.3. The van der Waals surface area contributed by atoms with Crippen LogP contribution in [0.4, 0.5) is 24.9 Å². The van der Waals surface area contributed by atoms with Gasteiger partial charge in [0.1, 0.15) is 17.7 Å². The lowest BCUT2D eigenvalue weighted by molar-refractivity contribution is -0.141. The van der Waals surface area contributed by atoms with Gasteiger partial charge in [0.05, 0.1) is 19.7 Å². The molecule has 0 spiro atoms. The van der Waals surface area contributed by atoms with E-state index in [0.717, 1.165) is 0 Å². The molecule has 0 bridgehead atoms. The maximum absolute atomic E-state index is 14.7. The highest BCUT2D eigenvalue weighted by Gasteiger charge is 2.57. The third-order valence-electron chi connectivity index (χ3n) is 7.18. The summed E-state index contributed by atoms with van der Waals surface area (Å²) in [6.45, 7) is 3.25. The summed E-state index contributed by atoms with van der Waals surface area (Å²) in [5.74, 6) is -1.38. The fraction of sp³-hybridized carbons (Fsp3) is 0.750. The summed E-state index contributed by atoms with van der Waals surface area (Å²) in [4.78, 5) is 24.1. The number of halogens is 3. The van der Waals surface area contributed by atoms with Gasteiger partial charge in [-0.1, -0.05) is 0 Å². The summed E-state index contributed by atoms with van der Waals surface area (Å²) in [6, 6.07) is -0.408. The van der Waals surface area contributed by atoms with Gasteiger partial charge in [-0.15, -0.1) is 0 Å². The van der Waals surface area contributed by atoms with Crippen molar-refractivity contribution >= 4 is 17.7 Å². The Kier molecular flexibility index (Phi) is 4.22. The van der Waals surface area contributed by atoms with Crippen LogP contribution in [0.5, 0.6) is 0 Å². The van der Waals surface area contributed by atoms with Gasteiger partial charge in [-0.3, -0.25) is 4.79 Å². The third kappa shape index (κ3) is 2.95. The molecule has 0 radical (unpaired) electrons. The van der Waals surface area contributed by atoms with E-state index < -0.39 is 18.1 Å². The van der Waals surface area contributed by atoms with Gasteiger partial charge in [0.2, 0.25) is 5.95 Å². The van der Waals surface area contributed by atoms with E-state index in [1.54, 1.807) is 11.8 Å². The minimum absolute atomic E-state index is 0.136. The second-order valence-electron chi connectivity index (χ2n) is 8.82. The van der Waals surface area contributed by atoms with Crippen molar-refractivity contribution in [2.45, 2.75) is 50.7 Å². The Balaban J connectivity index is 1.44. The Morgan fingerprint density at radius 2 is 1.97 bits per heavy atom. The Bertz CT molecular complexity index is 839. The zero-order chi connectivity index (χ0) is 20.5. The first kappa shape index (κ1) is 18.9.